The standard InChI is InChI=1S/C22H27F2NO/c1-21(13-5-6-15-22(21,23)24)14-7-10-19-11-12-20(16-25-19)26-17-18-8-3-2-4-9-18/h2-4,8-9,11-12,16H,5-7,10,13-15,17H2,1H3. The number of alkyl halides is 2. The van der Waals surface area contributed by atoms with Crippen molar-refractivity contribution >= 4 is 0 Å². The van der Waals surface area contributed by atoms with Gasteiger partial charge in [0.2, 0.25) is 0 Å². The molecule has 4 heteroatoms. The van der Waals surface area contributed by atoms with Gasteiger partial charge in [0.15, 0.2) is 0 Å². The number of hydrogen-bond donors (Lipinski definition) is 0. The van der Waals surface area contributed by atoms with Crippen LogP contribution in [0.1, 0.15) is 56.7 Å². The molecule has 0 aliphatic heterocycles. The number of aromatic nitrogens is 1. The van der Waals surface area contributed by atoms with Gasteiger partial charge in [0.25, 0.3) is 5.92 Å². The van der Waals surface area contributed by atoms with Crippen LogP contribution in [0, 0.1) is 5.41 Å². The summed E-state index contributed by atoms with van der Waals surface area (Å²) >= 11 is 0. The van der Waals surface area contributed by atoms with Crippen molar-refractivity contribution in [1.29, 1.82) is 0 Å². The topological polar surface area (TPSA) is 22.1 Å². The summed E-state index contributed by atoms with van der Waals surface area (Å²) in [5, 5.41) is 0. The first-order valence-corrected chi connectivity index (χ1v) is 9.48. The average molecular weight is 359 g/mol. The molecule has 0 N–H and O–H groups in total. The fourth-order valence-corrected chi connectivity index (χ4v) is 3.70. The van der Waals surface area contributed by atoms with Crippen molar-refractivity contribution in [3.05, 3.63) is 59.9 Å². The lowest BCUT2D eigenvalue weighted by molar-refractivity contribution is -0.145. The lowest BCUT2D eigenvalue weighted by Crippen LogP contribution is -2.41. The maximum atomic E-state index is 14.2. The molecule has 3 rings (SSSR count). The second-order valence-corrected chi connectivity index (χ2v) is 7.59. The van der Waals surface area contributed by atoms with E-state index in [0.29, 0.717) is 25.9 Å². The summed E-state index contributed by atoms with van der Waals surface area (Å²) in [6.45, 7) is 2.26. The van der Waals surface area contributed by atoms with Gasteiger partial charge in [-0.2, -0.15) is 0 Å². The van der Waals surface area contributed by atoms with E-state index in [1.165, 1.54) is 0 Å². The van der Waals surface area contributed by atoms with Gasteiger partial charge in [-0.3, -0.25) is 4.98 Å². The SMILES string of the molecule is CC1(CCCc2ccc(OCc3ccccc3)cn2)CCCCC1(F)F. The Morgan fingerprint density at radius 1 is 1.04 bits per heavy atom. The molecule has 0 saturated heterocycles. The number of halogens is 2. The third-order valence-electron chi connectivity index (χ3n) is 5.56. The molecule has 1 saturated carbocycles. The molecule has 0 bridgehead atoms. The molecular weight excluding hydrogens is 332 g/mol. The van der Waals surface area contributed by atoms with Gasteiger partial charge in [0, 0.05) is 17.5 Å². The Hall–Kier alpha value is -1.97. The molecule has 1 fully saturated rings. The number of benzene rings is 1. The second-order valence-electron chi connectivity index (χ2n) is 7.59. The molecule has 1 atom stereocenters. The van der Waals surface area contributed by atoms with E-state index < -0.39 is 11.3 Å². The van der Waals surface area contributed by atoms with Gasteiger partial charge < -0.3 is 4.74 Å². The molecule has 0 radical (unpaired) electrons. The Kier molecular flexibility index (Phi) is 5.90. The second kappa shape index (κ2) is 8.15. The van der Waals surface area contributed by atoms with Gasteiger partial charge in [-0.25, -0.2) is 8.78 Å². The Labute approximate surface area is 154 Å². The van der Waals surface area contributed by atoms with E-state index in [4.69, 9.17) is 4.74 Å². The minimum absolute atomic E-state index is 0.0369. The summed E-state index contributed by atoms with van der Waals surface area (Å²) in [5.74, 6) is -1.81. The molecule has 1 heterocycles. The molecule has 0 amide bonds. The highest BCUT2D eigenvalue weighted by Gasteiger charge is 2.50. The molecule has 1 aliphatic rings. The van der Waals surface area contributed by atoms with Gasteiger partial charge in [-0.05, 0) is 49.8 Å². The largest absolute Gasteiger partial charge is 0.487 e. The van der Waals surface area contributed by atoms with E-state index in [-0.39, 0.29) is 6.42 Å². The summed E-state index contributed by atoms with van der Waals surface area (Å²) in [5.41, 5.74) is 1.18. The van der Waals surface area contributed by atoms with Crippen molar-refractivity contribution in [3.8, 4) is 5.75 Å². The first-order valence-electron chi connectivity index (χ1n) is 9.48. The highest BCUT2D eigenvalue weighted by molar-refractivity contribution is 5.21. The molecule has 26 heavy (non-hydrogen) atoms. The van der Waals surface area contributed by atoms with Crippen molar-refractivity contribution in [3.63, 3.8) is 0 Å². The van der Waals surface area contributed by atoms with Crippen LogP contribution < -0.4 is 4.74 Å². The molecule has 2 nitrogen and oxygen atoms in total. The van der Waals surface area contributed by atoms with Crippen molar-refractivity contribution in [2.75, 3.05) is 0 Å². The number of aryl methyl sites for hydroxylation is 1. The predicted octanol–water partition coefficient (Wildman–Crippen LogP) is 6.20. The molecular formula is C22H27F2NO. The van der Waals surface area contributed by atoms with Crippen molar-refractivity contribution in [2.45, 2.75) is 64.4 Å². The summed E-state index contributed by atoms with van der Waals surface area (Å²) in [6, 6.07) is 13.8. The zero-order valence-electron chi connectivity index (χ0n) is 15.4. The van der Waals surface area contributed by atoms with E-state index in [2.05, 4.69) is 4.98 Å². The predicted molar refractivity (Wildman–Crippen MR) is 99.5 cm³/mol. The Balaban J connectivity index is 1.47. The van der Waals surface area contributed by atoms with Crippen LogP contribution in [-0.4, -0.2) is 10.9 Å². The summed E-state index contributed by atoms with van der Waals surface area (Å²) in [6.07, 6.45) is 5.96. The van der Waals surface area contributed by atoms with Gasteiger partial charge in [0.1, 0.15) is 12.4 Å². The lowest BCUT2D eigenvalue weighted by Gasteiger charge is -2.41. The number of nitrogens with zero attached hydrogens (tertiary/aromatic N) is 1. The molecule has 1 aliphatic carbocycles. The fourth-order valence-electron chi connectivity index (χ4n) is 3.70. The van der Waals surface area contributed by atoms with Crippen molar-refractivity contribution in [2.24, 2.45) is 5.41 Å². The Morgan fingerprint density at radius 2 is 1.81 bits per heavy atom. The van der Waals surface area contributed by atoms with Gasteiger partial charge >= 0.3 is 0 Å². The zero-order valence-corrected chi connectivity index (χ0v) is 15.4. The average Bonchev–Trinajstić information content (AvgIpc) is 2.65. The quantitative estimate of drug-likeness (QED) is 0.587. The monoisotopic (exact) mass is 359 g/mol. The number of ether oxygens (including phenoxy) is 1. The Morgan fingerprint density at radius 3 is 2.50 bits per heavy atom. The van der Waals surface area contributed by atoms with E-state index >= 15 is 0 Å². The summed E-state index contributed by atoms with van der Waals surface area (Å²) in [7, 11) is 0. The normalized spacial score (nSPS) is 22.1. The van der Waals surface area contributed by atoms with Crippen LogP contribution in [0.4, 0.5) is 8.78 Å². The highest BCUT2D eigenvalue weighted by atomic mass is 19.3. The lowest BCUT2D eigenvalue weighted by atomic mass is 9.69. The van der Waals surface area contributed by atoms with Crippen LogP contribution in [0.15, 0.2) is 48.7 Å². The molecule has 140 valence electrons. The minimum atomic E-state index is -2.53. The fraction of sp³-hybridized carbons (Fsp3) is 0.500. The van der Waals surface area contributed by atoms with Gasteiger partial charge in [0.05, 0.1) is 6.20 Å². The third kappa shape index (κ3) is 4.60. The van der Waals surface area contributed by atoms with Crippen LogP contribution in [0.3, 0.4) is 0 Å². The maximum Gasteiger partial charge on any atom is 0.253 e. The van der Waals surface area contributed by atoms with Crippen molar-refractivity contribution < 1.29 is 13.5 Å². The molecule has 2 aromatic rings. The zero-order chi connectivity index (χ0) is 18.5. The number of rotatable bonds is 7. The molecule has 0 spiro atoms. The van der Waals surface area contributed by atoms with E-state index in [1.807, 2.05) is 42.5 Å². The van der Waals surface area contributed by atoms with Crippen LogP contribution in [-0.2, 0) is 13.0 Å². The van der Waals surface area contributed by atoms with E-state index in [0.717, 1.165) is 36.3 Å². The van der Waals surface area contributed by atoms with E-state index in [9.17, 15) is 8.78 Å². The van der Waals surface area contributed by atoms with Gasteiger partial charge in [-0.1, -0.05) is 43.7 Å². The summed E-state index contributed by atoms with van der Waals surface area (Å²) in [4.78, 5) is 4.42. The first-order chi connectivity index (χ1) is 12.5. The highest BCUT2D eigenvalue weighted by Crippen LogP contribution is 2.50. The number of hydrogen-bond acceptors (Lipinski definition) is 2. The Bertz CT molecular complexity index is 687. The first kappa shape index (κ1) is 18.8. The van der Waals surface area contributed by atoms with Crippen LogP contribution in [0.5, 0.6) is 5.75 Å². The maximum absolute atomic E-state index is 14.2. The van der Waals surface area contributed by atoms with E-state index in [1.54, 1.807) is 13.1 Å². The number of pyridine rings is 1. The minimum Gasteiger partial charge on any atom is -0.487 e. The third-order valence-corrected chi connectivity index (χ3v) is 5.56. The van der Waals surface area contributed by atoms with Crippen LogP contribution >= 0.6 is 0 Å². The molecule has 1 unspecified atom stereocenters. The van der Waals surface area contributed by atoms with Crippen molar-refractivity contribution in [1.82, 2.24) is 4.98 Å². The van der Waals surface area contributed by atoms with Crippen LogP contribution in [0.25, 0.3) is 0 Å². The van der Waals surface area contributed by atoms with Gasteiger partial charge in [-0.15, -0.1) is 0 Å². The smallest absolute Gasteiger partial charge is 0.253 e. The van der Waals surface area contributed by atoms with Crippen LogP contribution in [0.2, 0.25) is 0 Å². The molecule has 1 aromatic heterocycles. The summed E-state index contributed by atoms with van der Waals surface area (Å²) < 4.78 is 34.2. The molecule has 1 aromatic carbocycles.